The Labute approximate surface area is 198 Å². The molecule has 176 valence electrons. The van der Waals surface area contributed by atoms with Crippen molar-refractivity contribution in [3.63, 3.8) is 0 Å². The van der Waals surface area contributed by atoms with Crippen molar-refractivity contribution in [1.82, 2.24) is 14.7 Å². The zero-order chi connectivity index (χ0) is 23.4. The van der Waals surface area contributed by atoms with Gasteiger partial charge in [0, 0.05) is 17.3 Å². The average molecular weight is 460 g/mol. The van der Waals surface area contributed by atoms with E-state index in [1.165, 1.54) is 10.2 Å². The van der Waals surface area contributed by atoms with E-state index in [1.807, 2.05) is 30.0 Å². The number of aryl methyl sites for hydroxylation is 1. The van der Waals surface area contributed by atoms with Crippen molar-refractivity contribution in [1.29, 1.82) is 0 Å². The van der Waals surface area contributed by atoms with Gasteiger partial charge >= 0.3 is 0 Å². The van der Waals surface area contributed by atoms with Crippen LogP contribution in [0.5, 0.6) is 11.5 Å². The molecular formula is C27H29N3O4. The van der Waals surface area contributed by atoms with Gasteiger partial charge in [0.15, 0.2) is 11.5 Å². The summed E-state index contributed by atoms with van der Waals surface area (Å²) in [6.07, 6.45) is 4.39. The number of ether oxygens (including phenoxy) is 2. The highest BCUT2D eigenvalue weighted by Gasteiger charge is 2.46. The zero-order valence-electron chi connectivity index (χ0n) is 19.7. The van der Waals surface area contributed by atoms with E-state index in [4.69, 9.17) is 9.47 Å². The Balaban J connectivity index is 1.38. The van der Waals surface area contributed by atoms with Crippen LogP contribution >= 0.6 is 0 Å². The third-order valence-electron chi connectivity index (χ3n) is 7.89. The van der Waals surface area contributed by atoms with Crippen LogP contribution in [0.25, 0.3) is 10.8 Å². The van der Waals surface area contributed by atoms with Gasteiger partial charge in [0.2, 0.25) is 5.91 Å². The highest BCUT2D eigenvalue weighted by molar-refractivity contribution is 5.84. The van der Waals surface area contributed by atoms with Gasteiger partial charge in [0.25, 0.3) is 5.56 Å². The lowest BCUT2D eigenvalue weighted by atomic mass is 9.71. The van der Waals surface area contributed by atoms with Crippen molar-refractivity contribution in [2.24, 2.45) is 0 Å². The van der Waals surface area contributed by atoms with Gasteiger partial charge in [-0.2, -0.15) is 5.10 Å². The fourth-order valence-corrected chi connectivity index (χ4v) is 6.14. The maximum atomic E-state index is 13.7. The third kappa shape index (κ3) is 3.21. The minimum absolute atomic E-state index is 0.0647. The fraction of sp³-hybridized carbons (Fsp3) is 0.444. The molecule has 3 aromatic rings. The van der Waals surface area contributed by atoms with Crippen LogP contribution in [0.3, 0.4) is 0 Å². The second-order valence-electron chi connectivity index (χ2n) is 9.86. The first-order valence-corrected chi connectivity index (χ1v) is 12.2. The van der Waals surface area contributed by atoms with E-state index in [2.05, 4.69) is 24.2 Å². The molecule has 1 saturated carbocycles. The van der Waals surface area contributed by atoms with Crippen molar-refractivity contribution >= 4 is 16.7 Å². The third-order valence-corrected chi connectivity index (χ3v) is 7.89. The largest absolute Gasteiger partial charge is 0.486 e. The first kappa shape index (κ1) is 21.2. The van der Waals surface area contributed by atoms with Gasteiger partial charge in [-0.05, 0) is 56.0 Å². The van der Waals surface area contributed by atoms with Gasteiger partial charge < -0.3 is 14.4 Å². The number of carbonyl (C=O) groups is 1. The molecule has 3 aliphatic rings. The molecule has 34 heavy (non-hydrogen) atoms. The number of nitrogens with zero attached hydrogens (tertiary/aromatic N) is 3. The second-order valence-corrected chi connectivity index (χ2v) is 9.86. The molecule has 1 spiro atoms. The van der Waals surface area contributed by atoms with Crippen LogP contribution in [0.2, 0.25) is 0 Å². The van der Waals surface area contributed by atoms with Crippen molar-refractivity contribution in [3.8, 4) is 11.5 Å². The van der Waals surface area contributed by atoms with Gasteiger partial charge in [0.1, 0.15) is 19.8 Å². The van der Waals surface area contributed by atoms with Crippen LogP contribution < -0.4 is 15.0 Å². The lowest BCUT2D eigenvalue weighted by molar-refractivity contribution is -0.136. The van der Waals surface area contributed by atoms with Gasteiger partial charge in [-0.3, -0.25) is 9.59 Å². The predicted molar refractivity (Wildman–Crippen MR) is 128 cm³/mol. The van der Waals surface area contributed by atoms with E-state index in [-0.39, 0.29) is 29.5 Å². The van der Waals surface area contributed by atoms with E-state index < -0.39 is 0 Å². The zero-order valence-corrected chi connectivity index (χ0v) is 19.7. The number of amides is 1. The molecule has 1 atom stereocenters. The van der Waals surface area contributed by atoms with Crippen LogP contribution in [0.1, 0.15) is 55.5 Å². The van der Waals surface area contributed by atoms with Crippen LogP contribution in [-0.4, -0.2) is 40.3 Å². The van der Waals surface area contributed by atoms with E-state index in [1.54, 1.807) is 6.07 Å². The summed E-state index contributed by atoms with van der Waals surface area (Å²) < 4.78 is 13.1. The molecule has 2 aromatic carbocycles. The number of hydrogen-bond donors (Lipinski definition) is 0. The van der Waals surface area contributed by atoms with E-state index in [0.29, 0.717) is 25.1 Å². The summed E-state index contributed by atoms with van der Waals surface area (Å²) in [4.78, 5) is 28.7. The van der Waals surface area contributed by atoms with Crippen LogP contribution in [0.4, 0.5) is 0 Å². The molecule has 0 radical (unpaired) electrons. The standard InChI is InChI=1S/C27H29N3O4/c1-17-19-7-3-4-8-20(19)26(32)30(28-17)15-25(31)29-16-27(9-5-6-10-27)22-14-24-23(33-11-12-34-24)13-21(22)18(29)2/h3-4,7-8,13-14,18H,5-6,9-12,15-16H2,1-2H3. The molecule has 7 heteroatoms. The summed E-state index contributed by atoms with van der Waals surface area (Å²) in [5, 5.41) is 5.89. The second kappa shape index (κ2) is 7.86. The number of benzene rings is 2. The Kier molecular flexibility index (Phi) is 4.90. The average Bonchev–Trinajstić information content (AvgIpc) is 3.33. The van der Waals surface area contributed by atoms with Gasteiger partial charge in [-0.25, -0.2) is 4.68 Å². The molecule has 0 N–H and O–H groups in total. The number of rotatable bonds is 2. The Morgan fingerprint density at radius 1 is 1.09 bits per heavy atom. The van der Waals surface area contributed by atoms with Crippen molar-refractivity contribution in [2.75, 3.05) is 19.8 Å². The lowest BCUT2D eigenvalue weighted by Gasteiger charge is -2.46. The van der Waals surface area contributed by atoms with Crippen LogP contribution in [0, 0.1) is 6.92 Å². The molecule has 1 aliphatic carbocycles. The molecule has 2 aliphatic heterocycles. The topological polar surface area (TPSA) is 73.7 Å². The highest BCUT2D eigenvalue weighted by atomic mass is 16.6. The molecule has 0 bridgehead atoms. The molecule has 7 nitrogen and oxygen atoms in total. The molecule has 1 aromatic heterocycles. The van der Waals surface area contributed by atoms with Crippen LogP contribution in [0.15, 0.2) is 41.2 Å². The highest BCUT2D eigenvalue weighted by Crippen LogP contribution is 2.51. The number of carbonyl (C=O) groups excluding carboxylic acids is 1. The number of fused-ring (bicyclic) bond motifs is 4. The fourth-order valence-electron chi connectivity index (χ4n) is 6.14. The van der Waals surface area contributed by atoms with E-state index in [9.17, 15) is 9.59 Å². The Morgan fingerprint density at radius 2 is 1.76 bits per heavy atom. The molecule has 1 fully saturated rings. The predicted octanol–water partition coefficient (Wildman–Crippen LogP) is 3.89. The lowest BCUT2D eigenvalue weighted by Crippen LogP contribution is -2.50. The maximum absolute atomic E-state index is 13.7. The SMILES string of the molecule is Cc1nn(CC(=O)N2CC3(CCCC3)c3cc4c(cc3C2C)OCCO4)c(=O)c2ccccc12. The minimum atomic E-state index is -0.227. The molecule has 1 unspecified atom stereocenters. The summed E-state index contributed by atoms with van der Waals surface area (Å²) in [5.41, 5.74) is 2.86. The first-order chi connectivity index (χ1) is 16.5. The monoisotopic (exact) mass is 459 g/mol. The van der Waals surface area contributed by atoms with E-state index >= 15 is 0 Å². The quantitative estimate of drug-likeness (QED) is 0.581. The maximum Gasteiger partial charge on any atom is 0.275 e. The van der Waals surface area contributed by atoms with Gasteiger partial charge in [0.05, 0.1) is 17.1 Å². The van der Waals surface area contributed by atoms with Crippen molar-refractivity contribution in [3.05, 3.63) is 63.6 Å². The number of aromatic nitrogens is 2. The van der Waals surface area contributed by atoms with Crippen LogP contribution in [-0.2, 0) is 16.8 Å². The molecule has 1 amide bonds. The summed E-state index contributed by atoms with van der Waals surface area (Å²) in [7, 11) is 0. The van der Waals surface area contributed by atoms with Crippen molar-refractivity contribution < 1.29 is 14.3 Å². The first-order valence-electron chi connectivity index (χ1n) is 12.2. The normalized spacial score (nSPS) is 20.5. The number of hydrogen-bond acceptors (Lipinski definition) is 5. The molecule has 6 rings (SSSR count). The van der Waals surface area contributed by atoms with E-state index in [0.717, 1.165) is 53.8 Å². The Hall–Kier alpha value is -3.35. The summed E-state index contributed by atoms with van der Waals surface area (Å²) in [5.74, 6) is 1.48. The van der Waals surface area contributed by atoms with Gasteiger partial charge in [-0.15, -0.1) is 0 Å². The Bertz CT molecular complexity index is 1360. The smallest absolute Gasteiger partial charge is 0.275 e. The van der Waals surface area contributed by atoms with Gasteiger partial charge in [-0.1, -0.05) is 31.0 Å². The summed E-state index contributed by atoms with van der Waals surface area (Å²) in [6.45, 7) is 5.62. The minimum Gasteiger partial charge on any atom is -0.486 e. The summed E-state index contributed by atoms with van der Waals surface area (Å²) >= 11 is 0. The molecule has 0 saturated heterocycles. The molecular weight excluding hydrogens is 430 g/mol. The Morgan fingerprint density at radius 3 is 2.50 bits per heavy atom. The molecule has 3 heterocycles. The summed E-state index contributed by atoms with van der Waals surface area (Å²) in [6, 6.07) is 11.5. The van der Waals surface area contributed by atoms with Crippen molar-refractivity contribution in [2.45, 2.75) is 57.5 Å².